The molecule has 2 aromatic carbocycles. The molecule has 0 bridgehead atoms. The fraction of sp³-hybridized carbons (Fsp3) is 0.457. The molecule has 1 fully saturated rings. The highest BCUT2D eigenvalue weighted by Gasteiger charge is 2.32. The van der Waals surface area contributed by atoms with Gasteiger partial charge in [-0.15, -0.1) is 0 Å². The number of hydrogen-bond donors (Lipinski definition) is 5. The summed E-state index contributed by atoms with van der Waals surface area (Å²) >= 11 is 7.65. The molecule has 0 amide bonds. The van der Waals surface area contributed by atoms with Crippen LogP contribution in [0.5, 0.6) is 0 Å². The van der Waals surface area contributed by atoms with Gasteiger partial charge in [-0.1, -0.05) is 42.4 Å². The maximum Gasteiger partial charge on any atom is 0.354 e. The molecule has 252 valence electrons. The number of rotatable bonds is 13. The molecule has 1 saturated heterocycles. The number of aliphatic hydroxyl groups excluding tert-OH is 1. The second-order valence-electron chi connectivity index (χ2n) is 12.9. The Morgan fingerprint density at radius 2 is 2.00 bits per heavy atom. The van der Waals surface area contributed by atoms with Crippen LogP contribution in [0.4, 0.5) is 4.39 Å². The van der Waals surface area contributed by atoms with Crippen molar-refractivity contribution < 1.29 is 9.50 Å². The van der Waals surface area contributed by atoms with Crippen LogP contribution in [0, 0.1) is 17.1 Å². The molecule has 0 spiro atoms. The molecule has 0 saturated carbocycles. The molecule has 0 unspecified atom stereocenters. The number of thioether (sulfide) groups is 1. The summed E-state index contributed by atoms with van der Waals surface area (Å²) in [6, 6.07) is 13.9. The minimum absolute atomic E-state index is 0.0493. The Hall–Kier alpha value is -3.22. The lowest BCUT2D eigenvalue weighted by atomic mass is 9.88. The number of aryl methyl sites for hydroxylation is 1. The van der Waals surface area contributed by atoms with E-state index in [1.54, 1.807) is 24.4 Å². The first-order valence-electron chi connectivity index (χ1n) is 16.3. The predicted octanol–water partition coefficient (Wildman–Crippen LogP) is 6.38. The van der Waals surface area contributed by atoms with E-state index >= 15 is 4.39 Å². The number of nitrogens with zero attached hydrogens (tertiary/aromatic N) is 3. The third kappa shape index (κ3) is 8.63. The summed E-state index contributed by atoms with van der Waals surface area (Å²) in [5.41, 5.74) is 15.0. The minimum atomic E-state index is -0.523. The fourth-order valence-corrected chi connectivity index (χ4v) is 7.45. The van der Waals surface area contributed by atoms with Gasteiger partial charge < -0.3 is 21.6 Å². The van der Waals surface area contributed by atoms with Gasteiger partial charge in [-0.05, 0) is 99.2 Å². The van der Waals surface area contributed by atoms with Gasteiger partial charge in [0.15, 0.2) is 11.0 Å². The predicted molar refractivity (Wildman–Crippen MR) is 191 cm³/mol. The number of nitrogens with two attached hydrogens (primary N) is 2. The third-order valence-electron chi connectivity index (χ3n) is 8.99. The van der Waals surface area contributed by atoms with Gasteiger partial charge in [0.1, 0.15) is 5.65 Å². The van der Waals surface area contributed by atoms with Crippen LogP contribution in [0.1, 0.15) is 69.5 Å². The zero-order valence-corrected chi connectivity index (χ0v) is 28.6. The van der Waals surface area contributed by atoms with Crippen molar-refractivity contribution in [1.82, 2.24) is 19.4 Å². The van der Waals surface area contributed by atoms with Crippen molar-refractivity contribution in [2.75, 3.05) is 18.9 Å². The quantitative estimate of drug-likeness (QED) is 0.0811. The van der Waals surface area contributed by atoms with E-state index in [1.165, 1.54) is 16.3 Å². The number of likely N-dealkylation sites (tertiary alicyclic amines) is 1. The molecule has 1 aliphatic heterocycles. The Balaban J connectivity index is 1.39. The minimum Gasteiger partial charge on any atom is -0.396 e. The van der Waals surface area contributed by atoms with Gasteiger partial charge in [0.2, 0.25) is 0 Å². The van der Waals surface area contributed by atoms with Crippen molar-refractivity contribution >= 4 is 39.6 Å². The summed E-state index contributed by atoms with van der Waals surface area (Å²) in [4.78, 5) is 23.1. The number of hydrogen-bond acceptors (Lipinski definition) is 7. The molecule has 4 aromatic rings. The van der Waals surface area contributed by atoms with E-state index in [2.05, 4.69) is 33.9 Å². The van der Waals surface area contributed by atoms with Crippen LogP contribution in [-0.4, -0.2) is 60.7 Å². The van der Waals surface area contributed by atoms with Crippen molar-refractivity contribution in [2.24, 2.45) is 17.4 Å². The van der Waals surface area contributed by atoms with E-state index < -0.39 is 11.5 Å². The summed E-state index contributed by atoms with van der Waals surface area (Å²) in [7, 11) is 0. The topological polar surface area (TPSA) is 150 Å². The third-order valence-corrected chi connectivity index (χ3v) is 10.0. The number of benzene rings is 2. The van der Waals surface area contributed by atoms with Gasteiger partial charge in [0.25, 0.3) is 0 Å². The van der Waals surface area contributed by atoms with E-state index in [9.17, 15) is 9.90 Å². The van der Waals surface area contributed by atoms with Gasteiger partial charge >= 0.3 is 5.69 Å². The van der Waals surface area contributed by atoms with E-state index in [1.807, 2.05) is 19.1 Å². The Bertz CT molecular complexity index is 1740. The standard InChI is InChI=1S/C35H45ClFN7O2S/c1-21(20-45)18-43-26(13-14-47-34(39)40)7-4-8-31(43)24-9-11-27(12-10-24)44-19-25-17-30(41-33(25)42-35(44)46)28-15-23(6-3-5-22(2)38)16-29(36)32(28)37/h9-12,15-17,19,21-22,26,31,45H,3-8,13-14,18,20,38H2,1-2H3,(H3,39,40)(H,41,42,46)/t21-,22+,26+,31+/m1/s1. The zero-order valence-electron chi connectivity index (χ0n) is 27.0. The summed E-state index contributed by atoms with van der Waals surface area (Å²) in [6.45, 7) is 4.92. The number of H-pyrrole nitrogens is 1. The Kier molecular flexibility index (Phi) is 11.8. The maximum atomic E-state index is 15.2. The number of amidine groups is 1. The van der Waals surface area contributed by atoms with Crippen LogP contribution in [0.2, 0.25) is 5.02 Å². The molecule has 47 heavy (non-hydrogen) atoms. The highest BCUT2D eigenvalue weighted by atomic mass is 35.5. The first-order valence-corrected chi connectivity index (χ1v) is 17.7. The lowest BCUT2D eigenvalue weighted by Crippen LogP contribution is -2.44. The zero-order chi connectivity index (χ0) is 33.7. The smallest absolute Gasteiger partial charge is 0.354 e. The number of fused-ring (bicyclic) bond motifs is 1. The first-order chi connectivity index (χ1) is 22.5. The molecule has 12 heteroatoms. The molecule has 1 aliphatic rings. The molecular weight excluding hydrogens is 637 g/mol. The molecule has 2 aromatic heterocycles. The largest absolute Gasteiger partial charge is 0.396 e. The maximum absolute atomic E-state index is 15.2. The number of nitrogens with one attached hydrogen (secondary N) is 2. The molecule has 4 atom stereocenters. The van der Waals surface area contributed by atoms with Crippen LogP contribution in [0.15, 0.2) is 53.5 Å². The lowest BCUT2D eigenvalue weighted by molar-refractivity contribution is 0.0536. The molecule has 5 rings (SSSR count). The molecule has 7 N–H and O–H groups in total. The van der Waals surface area contributed by atoms with Gasteiger partial charge in [-0.3, -0.25) is 14.9 Å². The number of aromatic nitrogens is 3. The average Bonchev–Trinajstić information content (AvgIpc) is 3.45. The first kappa shape index (κ1) is 35.1. The second-order valence-corrected chi connectivity index (χ2v) is 14.4. The van der Waals surface area contributed by atoms with Crippen molar-refractivity contribution in [3.8, 4) is 16.9 Å². The molecule has 9 nitrogen and oxygen atoms in total. The Labute approximate surface area is 284 Å². The number of piperidine rings is 1. The highest BCUT2D eigenvalue weighted by molar-refractivity contribution is 8.13. The van der Waals surface area contributed by atoms with E-state index in [0.29, 0.717) is 34.0 Å². The van der Waals surface area contributed by atoms with E-state index in [4.69, 9.17) is 28.5 Å². The summed E-state index contributed by atoms with van der Waals surface area (Å²) in [5, 5.41) is 18.2. The van der Waals surface area contributed by atoms with Crippen LogP contribution < -0.4 is 17.2 Å². The second kappa shape index (κ2) is 15.8. The molecular formula is C35H45ClFN7O2S. The van der Waals surface area contributed by atoms with Crippen molar-refractivity contribution in [2.45, 2.75) is 76.9 Å². The van der Waals surface area contributed by atoms with Gasteiger partial charge in [0.05, 0.1) is 16.4 Å². The van der Waals surface area contributed by atoms with E-state index in [-0.39, 0.29) is 34.8 Å². The van der Waals surface area contributed by atoms with E-state index in [0.717, 1.165) is 68.4 Å². The van der Waals surface area contributed by atoms with Crippen molar-refractivity contribution in [1.29, 1.82) is 5.41 Å². The Morgan fingerprint density at radius 3 is 2.70 bits per heavy atom. The summed E-state index contributed by atoms with van der Waals surface area (Å²) in [6.07, 6.45) is 8.26. The van der Waals surface area contributed by atoms with Crippen LogP contribution in [-0.2, 0) is 6.42 Å². The average molecular weight is 682 g/mol. The fourth-order valence-electron chi connectivity index (χ4n) is 6.60. The Morgan fingerprint density at radius 1 is 1.23 bits per heavy atom. The molecule has 3 heterocycles. The van der Waals surface area contributed by atoms with Gasteiger partial charge in [-0.25, -0.2) is 9.18 Å². The van der Waals surface area contributed by atoms with Gasteiger partial charge in [-0.2, -0.15) is 4.98 Å². The van der Waals surface area contributed by atoms with Crippen LogP contribution >= 0.6 is 23.4 Å². The lowest BCUT2D eigenvalue weighted by Gasteiger charge is -2.44. The van der Waals surface area contributed by atoms with Crippen molar-refractivity contribution in [3.05, 3.63) is 81.1 Å². The SMILES string of the molecule is C[C@@H](CO)CN1[C@H](CCSC(=N)N)CCC[C@H]1c1ccc(-n2cc3cc(-c4cc(CCC[C@H](C)N)cc(Cl)c4F)[nH]c3nc2=O)cc1. The number of halogens is 2. The van der Waals surface area contributed by atoms with Gasteiger partial charge in [0, 0.05) is 54.2 Å². The van der Waals surface area contributed by atoms with Crippen LogP contribution in [0.3, 0.4) is 0 Å². The number of aliphatic hydroxyl groups is 1. The summed E-state index contributed by atoms with van der Waals surface area (Å²) in [5.74, 6) is 0.395. The molecule has 0 radical (unpaired) electrons. The van der Waals surface area contributed by atoms with Crippen molar-refractivity contribution in [3.63, 3.8) is 0 Å². The van der Waals surface area contributed by atoms with Crippen LogP contribution in [0.25, 0.3) is 28.0 Å². The number of aromatic amines is 1. The monoisotopic (exact) mass is 681 g/mol. The molecule has 0 aliphatic carbocycles. The normalized spacial score (nSPS) is 18.4. The summed E-state index contributed by atoms with van der Waals surface area (Å²) < 4.78 is 16.7. The highest BCUT2D eigenvalue weighted by Crippen LogP contribution is 2.37.